The largest absolute Gasteiger partial charge is 0.326 e. The highest BCUT2D eigenvalue weighted by molar-refractivity contribution is 7.99. The topological polar surface area (TPSA) is 17.8 Å². The maximum atomic E-state index is 6.35. The molecule has 1 aliphatic rings. The highest BCUT2D eigenvalue weighted by Gasteiger charge is 2.20. The van der Waals surface area contributed by atoms with Gasteiger partial charge in [-0.2, -0.15) is 11.8 Å². The number of hydrogen-bond acceptors (Lipinski definition) is 2. The number of fused-ring (bicyclic) bond motifs is 1. The number of alkyl halides is 1. The lowest BCUT2D eigenvalue weighted by atomic mass is 10.2. The molecule has 2 aromatic rings. The second-order valence-corrected chi connectivity index (χ2v) is 7.74. The van der Waals surface area contributed by atoms with Crippen molar-refractivity contribution in [2.45, 2.75) is 50.3 Å². The number of aromatic nitrogens is 2. The molecule has 2 unspecified atom stereocenters. The average molecular weight is 309 g/mol. The molecule has 1 aliphatic heterocycles. The van der Waals surface area contributed by atoms with Crippen molar-refractivity contribution in [1.29, 1.82) is 0 Å². The summed E-state index contributed by atoms with van der Waals surface area (Å²) in [7, 11) is 0. The second kappa shape index (κ2) is 5.98. The van der Waals surface area contributed by atoms with Crippen molar-refractivity contribution < 1.29 is 0 Å². The van der Waals surface area contributed by atoms with Gasteiger partial charge in [-0.25, -0.2) is 4.98 Å². The molecular formula is C16H21ClN2S. The van der Waals surface area contributed by atoms with Gasteiger partial charge in [-0.15, -0.1) is 11.6 Å². The zero-order chi connectivity index (χ0) is 14.1. The molecule has 2 atom stereocenters. The fraction of sp³-hybridized carbons (Fsp3) is 0.562. The van der Waals surface area contributed by atoms with Crippen LogP contribution in [0.3, 0.4) is 0 Å². The Morgan fingerprint density at radius 1 is 1.45 bits per heavy atom. The summed E-state index contributed by atoms with van der Waals surface area (Å²) < 4.78 is 2.34. The zero-order valence-corrected chi connectivity index (χ0v) is 13.7. The predicted molar refractivity (Wildman–Crippen MR) is 88.8 cm³/mol. The number of rotatable bonds is 3. The number of thioether (sulfide) groups is 1. The number of hydrogen-bond donors (Lipinski definition) is 0. The van der Waals surface area contributed by atoms with Gasteiger partial charge in [0.2, 0.25) is 0 Å². The molecule has 2 nitrogen and oxygen atoms in total. The van der Waals surface area contributed by atoms with Crippen LogP contribution < -0.4 is 0 Å². The van der Waals surface area contributed by atoms with Gasteiger partial charge in [-0.05, 0) is 50.1 Å². The van der Waals surface area contributed by atoms with E-state index in [1.165, 1.54) is 36.1 Å². The summed E-state index contributed by atoms with van der Waals surface area (Å²) >= 11 is 8.45. The normalized spacial score (nSPS) is 21.2. The molecule has 0 aliphatic carbocycles. The monoisotopic (exact) mass is 308 g/mol. The smallest absolute Gasteiger partial charge is 0.127 e. The molecule has 4 heteroatoms. The van der Waals surface area contributed by atoms with Crippen LogP contribution in [0.5, 0.6) is 0 Å². The molecule has 0 N–H and O–H groups in total. The van der Waals surface area contributed by atoms with Gasteiger partial charge in [0.05, 0.1) is 16.4 Å². The molecule has 0 saturated carbocycles. The van der Waals surface area contributed by atoms with Crippen molar-refractivity contribution in [3.05, 3.63) is 29.6 Å². The first-order valence-electron chi connectivity index (χ1n) is 7.37. The van der Waals surface area contributed by atoms with Crippen LogP contribution in [0.15, 0.2) is 18.2 Å². The number of halogens is 1. The summed E-state index contributed by atoms with van der Waals surface area (Å²) in [6.07, 6.45) is 4.03. The number of nitrogens with zero attached hydrogens (tertiary/aromatic N) is 2. The standard InChI is InChI=1S/C16H21ClN2S/c1-11-6-7-15-14(9-11)18-16(12(2)17)19(15)10-13-5-3-4-8-20-13/h6-7,9,12-13H,3-5,8,10H2,1-2H3. The van der Waals surface area contributed by atoms with Crippen molar-refractivity contribution in [1.82, 2.24) is 9.55 Å². The van der Waals surface area contributed by atoms with E-state index in [2.05, 4.69) is 41.5 Å². The quantitative estimate of drug-likeness (QED) is 0.748. The van der Waals surface area contributed by atoms with Crippen molar-refractivity contribution in [3.8, 4) is 0 Å². The maximum Gasteiger partial charge on any atom is 0.127 e. The minimum Gasteiger partial charge on any atom is -0.326 e. The summed E-state index contributed by atoms with van der Waals surface area (Å²) in [6.45, 7) is 5.16. The Morgan fingerprint density at radius 2 is 2.30 bits per heavy atom. The first-order valence-corrected chi connectivity index (χ1v) is 8.86. The van der Waals surface area contributed by atoms with Gasteiger partial charge >= 0.3 is 0 Å². The lowest BCUT2D eigenvalue weighted by Crippen LogP contribution is -2.18. The van der Waals surface area contributed by atoms with Gasteiger partial charge in [-0.3, -0.25) is 0 Å². The van der Waals surface area contributed by atoms with E-state index in [0.29, 0.717) is 5.25 Å². The van der Waals surface area contributed by atoms with Crippen LogP contribution in [0.25, 0.3) is 11.0 Å². The van der Waals surface area contributed by atoms with E-state index in [1.807, 2.05) is 6.92 Å². The molecule has 0 radical (unpaired) electrons. The third-order valence-electron chi connectivity index (χ3n) is 3.95. The lowest BCUT2D eigenvalue weighted by molar-refractivity contribution is 0.575. The van der Waals surface area contributed by atoms with E-state index >= 15 is 0 Å². The van der Waals surface area contributed by atoms with Gasteiger partial charge in [0.25, 0.3) is 0 Å². The molecule has 0 amide bonds. The minimum absolute atomic E-state index is 0.0451. The van der Waals surface area contributed by atoms with Gasteiger partial charge < -0.3 is 4.57 Å². The SMILES string of the molecule is Cc1ccc2c(c1)nc(C(C)Cl)n2CC1CCCCS1. The summed E-state index contributed by atoms with van der Waals surface area (Å²) in [5, 5.41) is 0.660. The summed E-state index contributed by atoms with van der Waals surface area (Å²) in [5.74, 6) is 2.31. The lowest BCUT2D eigenvalue weighted by Gasteiger charge is -2.23. The van der Waals surface area contributed by atoms with E-state index in [1.54, 1.807) is 0 Å². The Bertz CT molecular complexity index is 600. The van der Waals surface area contributed by atoms with Crippen molar-refractivity contribution in [2.75, 3.05) is 5.75 Å². The summed E-state index contributed by atoms with van der Waals surface area (Å²) in [6, 6.07) is 6.51. The molecule has 1 aromatic heterocycles. The molecule has 20 heavy (non-hydrogen) atoms. The molecule has 0 spiro atoms. The molecular weight excluding hydrogens is 288 g/mol. The van der Waals surface area contributed by atoms with Crippen LogP contribution >= 0.6 is 23.4 Å². The fourth-order valence-electron chi connectivity index (χ4n) is 2.91. The van der Waals surface area contributed by atoms with E-state index in [0.717, 1.165) is 17.9 Å². The molecule has 3 rings (SSSR count). The number of aryl methyl sites for hydroxylation is 1. The zero-order valence-electron chi connectivity index (χ0n) is 12.1. The molecule has 108 valence electrons. The van der Waals surface area contributed by atoms with Crippen LogP contribution in [-0.4, -0.2) is 20.6 Å². The molecule has 1 fully saturated rings. The third-order valence-corrected chi connectivity index (χ3v) is 5.52. The van der Waals surface area contributed by atoms with Gasteiger partial charge in [0.1, 0.15) is 5.82 Å². The number of benzene rings is 1. The third kappa shape index (κ3) is 2.84. The van der Waals surface area contributed by atoms with Crippen LogP contribution in [0.4, 0.5) is 0 Å². The number of imidazole rings is 1. The minimum atomic E-state index is -0.0451. The maximum absolute atomic E-state index is 6.35. The van der Waals surface area contributed by atoms with Gasteiger partial charge in [0, 0.05) is 11.8 Å². The Hall–Kier alpha value is -0.670. The fourth-order valence-corrected chi connectivity index (χ4v) is 4.37. The van der Waals surface area contributed by atoms with E-state index in [4.69, 9.17) is 16.6 Å². The Kier molecular flexibility index (Phi) is 4.27. The highest BCUT2D eigenvalue weighted by atomic mass is 35.5. The van der Waals surface area contributed by atoms with E-state index in [9.17, 15) is 0 Å². The Labute approximate surface area is 129 Å². The van der Waals surface area contributed by atoms with Crippen LogP contribution in [-0.2, 0) is 6.54 Å². The average Bonchev–Trinajstić information content (AvgIpc) is 2.78. The van der Waals surface area contributed by atoms with Crippen molar-refractivity contribution in [3.63, 3.8) is 0 Å². The van der Waals surface area contributed by atoms with Crippen LogP contribution in [0.2, 0.25) is 0 Å². The van der Waals surface area contributed by atoms with Crippen LogP contribution in [0.1, 0.15) is 43.0 Å². The molecule has 0 bridgehead atoms. The first kappa shape index (κ1) is 14.3. The second-order valence-electron chi connectivity index (χ2n) is 5.68. The Morgan fingerprint density at radius 3 is 3.00 bits per heavy atom. The van der Waals surface area contributed by atoms with E-state index in [-0.39, 0.29) is 5.38 Å². The van der Waals surface area contributed by atoms with Gasteiger partial charge in [0.15, 0.2) is 0 Å². The van der Waals surface area contributed by atoms with Gasteiger partial charge in [-0.1, -0.05) is 12.5 Å². The van der Waals surface area contributed by atoms with Crippen molar-refractivity contribution >= 4 is 34.4 Å². The van der Waals surface area contributed by atoms with Crippen LogP contribution in [0, 0.1) is 6.92 Å². The first-order chi connectivity index (χ1) is 9.65. The molecule has 1 aromatic carbocycles. The molecule has 1 saturated heterocycles. The molecule has 2 heterocycles. The predicted octanol–water partition coefficient (Wildman–Crippen LogP) is 4.93. The summed E-state index contributed by atoms with van der Waals surface area (Å²) in [5.41, 5.74) is 3.56. The van der Waals surface area contributed by atoms with E-state index < -0.39 is 0 Å². The Balaban J connectivity index is 1.99. The summed E-state index contributed by atoms with van der Waals surface area (Å²) in [4.78, 5) is 4.76. The highest BCUT2D eigenvalue weighted by Crippen LogP contribution is 2.31. The van der Waals surface area contributed by atoms with Crippen molar-refractivity contribution in [2.24, 2.45) is 0 Å².